The molecule has 1 amide bonds. The van der Waals surface area contributed by atoms with E-state index in [-0.39, 0.29) is 23.9 Å². The third kappa shape index (κ3) is 5.45. The molecule has 3 rings (SSSR count). The predicted molar refractivity (Wildman–Crippen MR) is 120 cm³/mol. The van der Waals surface area contributed by atoms with Crippen LogP contribution in [0.25, 0.3) is 6.08 Å². The summed E-state index contributed by atoms with van der Waals surface area (Å²) in [6.45, 7) is 5.55. The summed E-state index contributed by atoms with van der Waals surface area (Å²) in [4.78, 5) is 14.5. The smallest absolute Gasteiger partial charge is 0.246 e. The SMILES string of the molecule is CCOc1ccc(S(=O)(=O)N2CCN(C(=O)C=Cc3cc(C)ccc3OC)CC2)cc1. The van der Waals surface area contributed by atoms with Crippen molar-refractivity contribution in [2.45, 2.75) is 18.7 Å². The number of hydrogen-bond donors (Lipinski definition) is 0. The Hall–Kier alpha value is -2.84. The standard InChI is InChI=1S/C23H28N2O5S/c1-4-30-20-7-9-21(10-8-20)31(27,28)25-15-13-24(14-16-25)23(26)12-6-19-17-18(2)5-11-22(19)29-3/h5-12,17H,4,13-16H2,1-3H3. The van der Waals surface area contributed by atoms with Gasteiger partial charge in [-0.2, -0.15) is 4.31 Å². The van der Waals surface area contributed by atoms with Gasteiger partial charge in [0.2, 0.25) is 15.9 Å². The Morgan fingerprint density at radius 1 is 1.06 bits per heavy atom. The Morgan fingerprint density at radius 2 is 1.74 bits per heavy atom. The Balaban J connectivity index is 1.62. The lowest BCUT2D eigenvalue weighted by Gasteiger charge is -2.33. The Bertz CT molecular complexity index is 1040. The first kappa shape index (κ1) is 22.8. The molecule has 31 heavy (non-hydrogen) atoms. The van der Waals surface area contributed by atoms with Gasteiger partial charge in [-0.3, -0.25) is 4.79 Å². The van der Waals surface area contributed by atoms with Gasteiger partial charge >= 0.3 is 0 Å². The van der Waals surface area contributed by atoms with E-state index in [1.165, 1.54) is 10.4 Å². The quantitative estimate of drug-likeness (QED) is 0.614. The minimum atomic E-state index is -3.61. The van der Waals surface area contributed by atoms with Crippen molar-refractivity contribution in [3.05, 3.63) is 59.7 Å². The summed E-state index contributed by atoms with van der Waals surface area (Å²) in [5, 5.41) is 0. The fraction of sp³-hybridized carbons (Fsp3) is 0.348. The number of carbonyl (C=O) groups excluding carboxylic acids is 1. The number of ether oxygens (including phenoxy) is 2. The van der Waals surface area contributed by atoms with Crippen LogP contribution in [0.5, 0.6) is 11.5 Å². The van der Waals surface area contributed by atoms with Crippen molar-refractivity contribution >= 4 is 22.0 Å². The minimum absolute atomic E-state index is 0.151. The molecule has 1 aliphatic rings. The molecular formula is C23H28N2O5S. The second-order valence-corrected chi connectivity index (χ2v) is 9.15. The van der Waals surface area contributed by atoms with Gasteiger partial charge in [0.05, 0.1) is 18.6 Å². The monoisotopic (exact) mass is 444 g/mol. The topological polar surface area (TPSA) is 76.2 Å². The number of amides is 1. The molecule has 1 saturated heterocycles. The molecule has 0 spiro atoms. The molecule has 0 N–H and O–H groups in total. The molecule has 1 heterocycles. The molecule has 1 aliphatic heterocycles. The lowest BCUT2D eigenvalue weighted by molar-refractivity contribution is -0.127. The average molecular weight is 445 g/mol. The van der Waals surface area contributed by atoms with Gasteiger partial charge in [-0.25, -0.2) is 8.42 Å². The number of benzene rings is 2. The van der Waals surface area contributed by atoms with Crippen LogP contribution in [0.15, 0.2) is 53.4 Å². The summed E-state index contributed by atoms with van der Waals surface area (Å²) in [6, 6.07) is 12.2. The largest absolute Gasteiger partial charge is 0.496 e. The molecule has 8 heteroatoms. The summed E-state index contributed by atoms with van der Waals surface area (Å²) in [7, 11) is -2.02. The van der Waals surface area contributed by atoms with Crippen LogP contribution in [0.1, 0.15) is 18.1 Å². The Labute approximate surface area is 183 Å². The summed E-state index contributed by atoms with van der Waals surface area (Å²) in [5.41, 5.74) is 1.90. The normalized spacial score (nSPS) is 15.3. The zero-order valence-corrected chi connectivity index (χ0v) is 18.9. The van der Waals surface area contributed by atoms with E-state index in [0.717, 1.165) is 11.1 Å². The number of nitrogens with zero attached hydrogens (tertiary/aromatic N) is 2. The van der Waals surface area contributed by atoms with Crippen molar-refractivity contribution in [2.75, 3.05) is 39.9 Å². The number of rotatable bonds is 7. The number of sulfonamides is 1. The molecule has 0 atom stereocenters. The predicted octanol–water partition coefficient (Wildman–Crippen LogP) is 2.95. The van der Waals surface area contributed by atoms with Crippen LogP contribution in [0.4, 0.5) is 0 Å². The van der Waals surface area contributed by atoms with Crippen molar-refractivity contribution < 1.29 is 22.7 Å². The van der Waals surface area contributed by atoms with Crippen LogP contribution in [-0.4, -0.2) is 63.4 Å². The third-order valence-corrected chi connectivity index (χ3v) is 7.03. The van der Waals surface area contributed by atoms with Crippen molar-refractivity contribution in [1.82, 2.24) is 9.21 Å². The van der Waals surface area contributed by atoms with E-state index < -0.39 is 10.0 Å². The van der Waals surface area contributed by atoms with E-state index >= 15 is 0 Å². The lowest BCUT2D eigenvalue weighted by Crippen LogP contribution is -2.50. The molecule has 0 radical (unpaired) electrons. The van der Waals surface area contributed by atoms with E-state index in [1.54, 1.807) is 42.4 Å². The summed E-state index contributed by atoms with van der Waals surface area (Å²) in [6.07, 6.45) is 3.24. The first-order valence-corrected chi connectivity index (χ1v) is 11.6. The first-order chi connectivity index (χ1) is 14.8. The van der Waals surface area contributed by atoms with Gasteiger partial charge in [0, 0.05) is 37.8 Å². The highest BCUT2D eigenvalue weighted by atomic mass is 32.2. The van der Waals surface area contributed by atoms with Crippen LogP contribution in [0.3, 0.4) is 0 Å². The molecule has 166 valence electrons. The third-order valence-electron chi connectivity index (χ3n) is 5.11. The first-order valence-electron chi connectivity index (χ1n) is 10.2. The van der Waals surface area contributed by atoms with Crippen LogP contribution in [-0.2, 0) is 14.8 Å². The van der Waals surface area contributed by atoms with Gasteiger partial charge in [0.1, 0.15) is 11.5 Å². The fourth-order valence-electron chi connectivity index (χ4n) is 3.42. The van der Waals surface area contributed by atoms with Crippen LogP contribution in [0, 0.1) is 6.92 Å². The second kappa shape index (κ2) is 9.98. The highest BCUT2D eigenvalue weighted by Gasteiger charge is 2.29. The van der Waals surface area contributed by atoms with E-state index in [0.29, 0.717) is 31.2 Å². The number of hydrogen-bond acceptors (Lipinski definition) is 5. The highest BCUT2D eigenvalue weighted by molar-refractivity contribution is 7.89. The molecule has 0 aliphatic carbocycles. The Morgan fingerprint density at radius 3 is 2.35 bits per heavy atom. The maximum atomic E-state index is 12.9. The van der Waals surface area contributed by atoms with Crippen molar-refractivity contribution in [1.29, 1.82) is 0 Å². The molecule has 0 saturated carbocycles. The van der Waals surface area contributed by atoms with Gasteiger partial charge in [-0.1, -0.05) is 11.6 Å². The van der Waals surface area contributed by atoms with Gasteiger partial charge in [-0.05, 0) is 56.3 Å². The van der Waals surface area contributed by atoms with E-state index in [2.05, 4.69) is 0 Å². The maximum absolute atomic E-state index is 12.9. The molecule has 2 aromatic rings. The van der Waals surface area contributed by atoms with Gasteiger partial charge in [0.15, 0.2) is 0 Å². The van der Waals surface area contributed by atoms with Crippen LogP contribution >= 0.6 is 0 Å². The maximum Gasteiger partial charge on any atom is 0.246 e. The van der Waals surface area contributed by atoms with E-state index in [4.69, 9.17) is 9.47 Å². The number of piperazine rings is 1. The molecule has 0 bridgehead atoms. The second-order valence-electron chi connectivity index (χ2n) is 7.21. The minimum Gasteiger partial charge on any atom is -0.496 e. The molecule has 2 aromatic carbocycles. The van der Waals surface area contributed by atoms with Crippen molar-refractivity contribution in [3.8, 4) is 11.5 Å². The summed E-state index contributed by atoms with van der Waals surface area (Å²) >= 11 is 0. The van der Waals surface area contributed by atoms with Crippen LogP contribution < -0.4 is 9.47 Å². The highest BCUT2D eigenvalue weighted by Crippen LogP contribution is 2.22. The van der Waals surface area contributed by atoms with E-state index in [1.807, 2.05) is 32.0 Å². The number of carbonyl (C=O) groups is 1. The Kier molecular flexibility index (Phi) is 7.35. The van der Waals surface area contributed by atoms with Crippen molar-refractivity contribution in [3.63, 3.8) is 0 Å². The molecule has 0 aromatic heterocycles. The van der Waals surface area contributed by atoms with Crippen LogP contribution in [0.2, 0.25) is 0 Å². The zero-order chi connectivity index (χ0) is 22.4. The average Bonchev–Trinajstić information content (AvgIpc) is 2.78. The summed E-state index contributed by atoms with van der Waals surface area (Å²) < 4.78 is 37.9. The lowest BCUT2D eigenvalue weighted by atomic mass is 10.1. The number of methoxy groups -OCH3 is 1. The zero-order valence-electron chi connectivity index (χ0n) is 18.1. The number of aryl methyl sites for hydroxylation is 1. The fourth-order valence-corrected chi connectivity index (χ4v) is 4.85. The molecule has 7 nitrogen and oxygen atoms in total. The van der Waals surface area contributed by atoms with Gasteiger partial charge < -0.3 is 14.4 Å². The molecular weight excluding hydrogens is 416 g/mol. The summed E-state index contributed by atoms with van der Waals surface area (Å²) in [5.74, 6) is 1.18. The molecule has 1 fully saturated rings. The van der Waals surface area contributed by atoms with Gasteiger partial charge in [0.25, 0.3) is 0 Å². The van der Waals surface area contributed by atoms with Gasteiger partial charge in [-0.15, -0.1) is 0 Å². The van der Waals surface area contributed by atoms with Crippen molar-refractivity contribution in [2.24, 2.45) is 0 Å². The van der Waals surface area contributed by atoms with E-state index in [9.17, 15) is 13.2 Å². The molecule has 0 unspecified atom stereocenters.